The van der Waals surface area contributed by atoms with Crippen LogP contribution >= 0.6 is 23.2 Å². The van der Waals surface area contributed by atoms with E-state index in [9.17, 15) is 9.59 Å². The molecule has 0 spiro atoms. The van der Waals surface area contributed by atoms with E-state index in [4.69, 9.17) is 57.6 Å². The molecular weight excluding hydrogens is 563 g/mol. The first-order valence-electron chi connectivity index (χ1n) is 11.4. The van der Waals surface area contributed by atoms with Crippen molar-refractivity contribution in [3.05, 3.63) is 57.1 Å². The number of rotatable bonds is 6. The third-order valence-corrected chi connectivity index (χ3v) is 5.17. The van der Waals surface area contributed by atoms with Crippen molar-refractivity contribution < 1.29 is 9.59 Å². The van der Waals surface area contributed by atoms with Gasteiger partial charge in [-0.2, -0.15) is 0 Å². The zero-order valence-corrected chi connectivity index (χ0v) is 23.0. The summed E-state index contributed by atoms with van der Waals surface area (Å²) in [4.78, 5) is 47.8. The summed E-state index contributed by atoms with van der Waals surface area (Å²) in [6.45, 7) is 4.31. The maximum atomic E-state index is 12.3. The number of nitrogens with two attached hydrogens (primary N) is 6. The molecule has 0 fully saturated rings. The average molecular weight is 591 g/mol. The molecule has 16 nitrogen and oxygen atoms in total. The smallest absolute Gasteiger partial charge is 0.280 e. The van der Waals surface area contributed by atoms with Crippen molar-refractivity contribution in [2.45, 2.75) is 26.9 Å². The number of nitrogens with zero attached hydrogens (tertiary/aromatic N) is 6. The lowest BCUT2D eigenvalue weighted by Crippen LogP contribution is -2.37. The largest absolute Gasteiger partial charge is 0.382 e. The molecule has 40 heavy (non-hydrogen) atoms. The minimum absolute atomic E-state index is 0.104. The van der Waals surface area contributed by atoms with Gasteiger partial charge in [0.25, 0.3) is 11.8 Å². The molecule has 18 heteroatoms. The van der Waals surface area contributed by atoms with Crippen LogP contribution in [0.4, 0.5) is 23.3 Å². The van der Waals surface area contributed by atoms with Gasteiger partial charge >= 0.3 is 0 Å². The first-order valence-corrected chi connectivity index (χ1v) is 12.2. The Morgan fingerprint density at radius 1 is 0.675 bits per heavy atom. The van der Waals surface area contributed by atoms with Crippen molar-refractivity contribution in [3.63, 3.8) is 0 Å². The molecule has 1 aromatic carbocycles. The van der Waals surface area contributed by atoms with Gasteiger partial charge in [0.15, 0.2) is 56.9 Å². The number of nitrogen functional groups attached to an aromatic ring is 4. The lowest BCUT2D eigenvalue weighted by molar-refractivity contribution is 0.0964. The predicted octanol–water partition coefficient (Wildman–Crippen LogP) is 0.418. The number of nitrogens with one attached hydrogen (secondary N) is 2. The number of halogens is 2. The Bertz CT molecular complexity index is 1340. The molecule has 0 unspecified atom stereocenters. The maximum absolute atomic E-state index is 12.3. The van der Waals surface area contributed by atoms with Crippen molar-refractivity contribution >= 4 is 70.2 Å². The second-order valence-electron chi connectivity index (χ2n) is 7.39. The van der Waals surface area contributed by atoms with Gasteiger partial charge in [-0.25, -0.2) is 29.9 Å². The summed E-state index contributed by atoms with van der Waals surface area (Å²) in [7, 11) is 0. The van der Waals surface area contributed by atoms with Crippen LogP contribution in [-0.2, 0) is 13.1 Å². The van der Waals surface area contributed by atoms with Gasteiger partial charge in [-0.1, -0.05) is 61.3 Å². The Morgan fingerprint density at radius 2 is 1.00 bits per heavy atom. The highest BCUT2D eigenvalue weighted by molar-refractivity contribution is 6.32. The number of amides is 2. The Morgan fingerprint density at radius 3 is 1.32 bits per heavy atom. The molecular formula is C22H28Cl2N14O2. The number of anilines is 4. The molecule has 0 aliphatic carbocycles. The molecule has 0 aliphatic rings. The number of carbonyl (C=O) groups excluding carboxylic acids is 2. The summed E-state index contributed by atoms with van der Waals surface area (Å²) in [5.74, 6) is -2.45. The van der Waals surface area contributed by atoms with Crippen LogP contribution in [0, 0.1) is 0 Å². The van der Waals surface area contributed by atoms with Crippen LogP contribution in [0.1, 0.15) is 46.0 Å². The number of benzene rings is 1. The van der Waals surface area contributed by atoms with E-state index in [1.807, 2.05) is 13.8 Å². The van der Waals surface area contributed by atoms with Crippen molar-refractivity contribution in [1.29, 1.82) is 0 Å². The monoisotopic (exact) mass is 590 g/mol. The van der Waals surface area contributed by atoms with Gasteiger partial charge in [0.1, 0.15) is 0 Å². The molecule has 0 bridgehead atoms. The summed E-state index contributed by atoms with van der Waals surface area (Å²) in [6.07, 6.45) is 0. The van der Waals surface area contributed by atoms with Gasteiger partial charge in [0, 0.05) is 0 Å². The lowest BCUT2D eigenvalue weighted by Gasteiger charge is -2.08. The number of carbonyl (C=O) groups is 2. The first kappa shape index (κ1) is 31.3. The number of hydrogen-bond donors (Lipinski definition) is 8. The van der Waals surface area contributed by atoms with Crippen LogP contribution < -0.4 is 45.0 Å². The Balaban J connectivity index is 0.00000274. The second kappa shape index (κ2) is 14.3. The number of aromatic nitrogens is 4. The normalized spacial score (nSPS) is 11.3. The van der Waals surface area contributed by atoms with E-state index in [0.29, 0.717) is 0 Å². The van der Waals surface area contributed by atoms with E-state index < -0.39 is 11.8 Å². The number of guanidine groups is 2. The van der Waals surface area contributed by atoms with Crippen LogP contribution in [-0.4, -0.2) is 43.7 Å². The summed E-state index contributed by atoms with van der Waals surface area (Å²) in [5.41, 5.74) is 34.9. The van der Waals surface area contributed by atoms with Crippen LogP contribution in [0.3, 0.4) is 0 Å². The Kier molecular flexibility index (Phi) is 11.1. The van der Waals surface area contributed by atoms with Gasteiger partial charge < -0.3 is 34.4 Å². The van der Waals surface area contributed by atoms with Crippen molar-refractivity contribution in [3.8, 4) is 0 Å². The highest BCUT2D eigenvalue weighted by atomic mass is 35.5. The standard InChI is InChI=1S/C20H22Cl2N14O2.C2H6/c21-11-15(25)33-13(23)9(31-11)17(37)35-19(27)29-5-7-1-2-8(4-3-7)6-30-20(28)36-18(38)10-14(24)34-16(26)12(22)32-10;1-2/h1-4H,5-6H2,(H4,23,25,33)(H4,24,26,34)(H3,27,29,35,37)(H3,28,30,36,38);1-2H3. The minimum atomic E-state index is -0.745. The third-order valence-electron chi connectivity index (χ3n) is 4.61. The lowest BCUT2D eigenvalue weighted by atomic mass is 10.1. The van der Waals surface area contributed by atoms with Gasteiger partial charge in [0.05, 0.1) is 13.1 Å². The first-order chi connectivity index (χ1) is 18.9. The molecule has 0 aliphatic heterocycles. The quantitative estimate of drug-likeness (QED) is 0.143. The van der Waals surface area contributed by atoms with Gasteiger partial charge in [-0.05, 0) is 11.1 Å². The van der Waals surface area contributed by atoms with E-state index in [1.54, 1.807) is 24.3 Å². The van der Waals surface area contributed by atoms with Crippen molar-refractivity contribution in [2.24, 2.45) is 21.5 Å². The fourth-order valence-corrected chi connectivity index (χ4v) is 3.00. The average Bonchev–Trinajstić information content (AvgIpc) is 2.92. The molecule has 14 N–H and O–H groups in total. The maximum Gasteiger partial charge on any atom is 0.280 e. The highest BCUT2D eigenvalue weighted by Crippen LogP contribution is 2.18. The number of hydrogen-bond acceptors (Lipinski definition) is 12. The number of aliphatic imine (C=N–C) groups is 2. The second-order valence-corrected chi connectivity index (χ2v) is 8.11. The highest BCUT2D eigenvalue weighted by Gasteiger charge is 2.17. The fraction of sp³-hybridized carbons (Fsp3) is 0.182. The summed E-state index contributed by atoms with van der Waals surface area (Å²) >= 11 is 11.6. The van der Waals surface area contributed by atoms with E-state index in [-0.39, 0.29) is 70.0 Å². The summed E-state index contributed by atoms with van der Waals surface area (Å²) in [6, 6.07) is 7.09. The molecule has 0 saturated heterocycles. The van der Waals surface area contributed by atoms with Gasteiger partial charge in [0.2, 0.25) is 0 Å². The van der Waals surface area contributed by atoms with Crippen LogP contribution in [0.5, 0.6) is 0 Å². The van der Waals surface area contributed by atoms with Crippen molar-refractivity contribution in [2.75, 3.05) is 22.9 Å². The van der Waals surface area contributed by atoms with E-state index >= 15 is 0 Å². The molecule has 3 rings (SSSR count). The Labute approximate surface area is 238 Å². The SMILES string of the molecule is CC.NC(=NCc1ccc(CN=C(N)NC(=O)c2nc(Cl)c(N)nc2N)cc1)NC(=O)c1nc(Cl)c(N)nc1N. The van der Waals surface area contributed by atoms with Crippen molar-refractivity contribution in [1.82, 2.24) is 30.6 Å². The summed E-state index contributed by atoms with van der Waals surface area (Å²) in [5, 5.41) is 4.36. The minimum Gasteiger partial charge on any atom is -0.382 e. The van der Waals surface area contributed by atoms with Gasteiger partial charge in [-0.3, -0.25) is 20.2 Å². The molecule has 0 atom stereocenters. The van der Waals surface area contributed by atoms with Crippen LogP contribution in [0.25, 0.3) is 0 Å². The molecule has 0 radical (unpaired) electrons. The Hall–Kier alpha value is -4.96. The van der Waals surface area contributed by atoms with E-state index in [1.165, 1.54) is 0 Å². The predicted molar refractivity (Wildman–Crippen MR) is 155 cm³/mol. The van der Waals surface area contributed by atoms with E-state index in [0.717, 1.165) is 11.1 Å². The van der Waals surface area contributed by atoms with Crippen LogP contribution in [0.2, 0.25) is 10.3 Å². The zero-order chi connectivity index (χ0) is 30.0. The summed E-state index contributed by atoms with van der Waals surface area (Å²) < 4.78 is 0. The van der Waals surface area contributed by atoms with Crippen LogP contribution in [0.15, 0.2) is 34.3 Å². The molecule has 0 saturated carbocycles. The molecule has 2 amide bonds. The molecule has 2 heterocycles. The molecule has 3 aromatic rings. The molecule has 2 aromatic heterocycles. The zero-order valence-electron chi connectivity index (χ0n) is 21.4. The topological polar surface area (TPSA) is 291 Å². The van der Waals surface area contributed by atoms with Gasteiger partial charge in [-0.15, -0.1) is 0 Å². The molecule has 212 valence electrons. The third kappa shape index (κ3) is 8.53. The van der Waals surface area contributed by atoms with E-state index in [2.05, 4.69) is 40.6 Å². The fourth-order valence-electron chi connectivity index (χ4n) is 2.75.